The fourth-order valence-electron chi connectivity index (χ4n) is 2.13. The molecule has 0 fully saturated rings. The molecule has 0 bridgehead atoms. The third kappa shape index (κ3) is 3.89. The van der Waals surface area contributed by atoms with Crippen molar-refractivity contribution in [2.45, 2.75) is 32.4 Å². The Morgan fingerprint density at radius 1 is 1.32 bits per heavy atom. The van der Waals surface area contributed by atoms with E-state index in [1.807, 2.05) is 12.4 Å². The molecule has 0 amide bonds. The largest absolute Gasteiger partial charge is 0.335 e. The molecule has 1 unspecified atom stereocenters. The molecule has 0 aliphatic heterocycles. The number of nitrogens with zero attached hydrogens (tertiary/aromatic N) is 2. The summed E-state index contributed by atoms with van der Waals surface area (Å²) in [7, 11) is 0. The highest BCUT2D eigenvalue weighted by atomic mass is 79.9. The van der Waals surface area contributed by atoms with Crippen molar-refractivity contribution >= 4 is 15.9 Å². The second kappa shape index (κ2) is 6.84. The Morgan fingerprint density at radius 3 is 2.68 bits per heavy atom. The Labute approximate surface area is 122 Å². The fourth-order valence-corrected chi connectivity index (χ4v) is 2.40. The maximum atomic E-state index is 5.66. The van der Waals surface area contributed by atoms with Crippen LogP contribution >= 0.6 is 15.9 Å². The predicted octanol–water partition coefficient (Wildman–Crippen LogP) is 2.28. The summed E-state index contributed by atoms with van der Waals surface area (Å²) >= 11 is 3.44. The molecule has 0 radical (unpaired) electrons. The Morgan fingerprint density at radius 2 is 2.05 bits per heavy atom. The molecule has 0 spiro atoms. The van der Waals surface area contributed by atoms with Crippen molar-refractivity contribution < 1.29 is 0 Å². The summed E-state index contributed by atoms with van der Waals surface area (Å²) in [6.45, 7) is 3.05. The van der Waals surface area contributed by atoms with Crippen LogP contribution in [-0.2, 0) is 19.4 Å². The molecular formula is C14H19BrN4. The predicted molar refractivity (Wildman–Crippen MR) is 80.6 cm³/mol. The minimum Gasteiger partial charge on any atom is -0.335 e. The molecule has 0 aliphatic carbocycles. The van der Waals surface area contributed by atoms with E-state index in [1.165, 1.54) is 5.56 Å². The lowest BCUT2D eigenvalue weighted by atomic mass is 10.0. The average molecular weight is 323 g/mol. The monoisotopic (exact) mass is 322 g/mol. The number of nitrogens with one attached hydrogen (secondary N) is 1. The molecule has 2 rings (SSSR count). The quantitative estimate of drug-likeness (QED) is 0.633. The van der Waals surface area contributed by atoms with Crippen molar-refractivity contribution in [3.8, 4) is 0 Å². The molecular weight excluding hydrogens is 304 g/mol. The Bertz CT molecular complexity index is 506. The van der Waals surface area contributed by atoms with Gasteiger partial charge < -0.3 is 4.57 Å². The van der Waals surface area contributed by atoms with Gasteiger partial charge in [0.2, 0.25) is 0 Å². The molecule has 1 heterocycles. The number of rotatable bonds is 6. The minimum absolute atomic E-state index is 0.189. The zero-order valence-corrected chi connectivity index (χ0v) is 12.6. The van der Waals surface area contributed by atoms with Gasteiger partial charge >= 0.3 is 0 Å². The van der Waals surface area contributed by atoms with Crippen LogP contribution in [0.25, 0.3) is 0 Å². The third-order valence-corrected chi connectivity index (χ3v) is 3.73. The summed E-state index contributed by atoms with van der Waals surface area (Å²) < 4.78 is 3.24. The number of halogens is 1. The van der Waals surface area contributed by atoms with Crippen LogP contribution in [0.4, 0.5) is 0 Å². The molecule has 0 saturated carbocycles. The zero-order valence-electron chi connectivity index (χ0n) is 11.0. The normalized spacial score (nSPS) is 12.6. The first-order valence-electron chi connectivity index (χ1n) is 6.43. The number of hydrogen-bond acceptors (Lipinski definition) is 3. The van der Waals surface area contributed by atoms with Crippen LogP contribution in [0.1, 0.15) is 18.3 Å². The van der Waals surface area contributed by atoms with Crippen LogP contribution in [0.3, 0.4) is 0 Å². The average Bonchev–Trinajstić information content (AvgIpc) is 2.87. The SMILES string of the molecule is CCn1ccnc1CC(Cc1ccc(Br)cc1)NN. The molecule has 1 aromatic heterocycles. The van der Waals surface area contributed by atoms with Gasteiger partial charge in [-0.1, -0.05) is 28.1 Å². The highest BCUT2D eigenvalue weighted by Crippen LogP contribution is 2.13. The van der Waals surface area contributed by atoms with E-state index < -0.39 is 0 Å². The number of aromatic nitrogens is 2. The summed E-state index contributed by atoms with van der Waals surface area (Å²) in [5.41, 5.74) is 4.15. The first-order chi connectivity index (χ1) is 9.22. The van der Waals surface area contributed by atoms with E-state index in [-0.39, 0.29) is 6.04 Å². The van der Waals surface area contributed by atoms with Crippen molar-refractivity contribution in [2.75, 3.05) is 0 Å². The van der Waals surface area contributed by atoms with E-state index in [4.69, 9.17) is 5.84 Å². The number of aryl methyl sites for hydroxylation is 1. The Hall–Kier alpha value is -1.17. The number of hydrazine groups is 1. The van der Waals surface area contributed by atoms with Gasteiger partial charge in [0, 0.05) is 35.9 Å². The summed E-state index contributed by atoms with van der Waals surface area (Å²) in [6, 6.07) is 8.52. The van der Waals surface area contributed by atoms with Crippen LogP contribution in [0.2, 0.25) is 0 Å². The Kier molecular flexibility index (Phi) is 5.13. The van der Waals surface area contributed by atoms with Crippen LogP contribution in [0, 0.1) is 0 Å². The zero-order chi connectivity index (χ0) is 13.7. The van der Waals surface area contributed by atoms with Gasteiger partial charge in [0.15, 0.2) is 0 Å². The van der Waals surface area contributed by atoms with E-state index in [0.29, 0.717) is 0 Å². The minimum atomic E-state index is 0.189. The lowest BCUT2D eigenvalue weighted by Gasteiger charge is -2.16. The number of hydrogen-bond donors (Lipinski definition) is 2. The highest BCUT2D eigenvalue weighted by molar-refractivity contribution is 9.10. The van der Waals surface area contributed by atoms with Gasteiger partial charge in [0.1, 0.15) is 5.82 Å². The standard InChI is InChI=1S/C14H19BrN4/c1-2-19-8-7-17-14(19)10-13(18-16)9-11-3-5-12(15)6-4-11/h3-8,13,18H,2,9-10,16H2,1H3. The van der Waals surface area contributed by atoms with Crippen molar-refractivity contribution in [1.82, 2.24) is 15.0 Å². The number of benzene rings is 1. The van der Waals surface area contributed by atoms with Gasteiger partial charge in [-0.05, 0) is 31.0 Å². The molecule has 3 N–H and O–H groups in total. The summed E-state index contributed by atoms with van der Waals surface area (Å²) in [5, 5.41) is 0. The van der Waals surface area contributed by atoms with Gasteiger partial charge in [-0.3, -0.25) is 11.3 Å². The lowest BCUT2D eigenvalue weighted by molar-refractivity contribution is 0.499. The first-order valence-corrected chi connectivity index (χ1v) is 7.22. The molecule has 102 valence electrons. The molecule has 2 aromatic rings. The van der Waals surface area contributed by atoms with Crippen LogP contribution in [0.5, 0.6) is 0 Å². The first kappa shape index (κ1) is 14.2. The molecule has 0 aliphatic rings. The highest BCUT2D eigenvalue weighted by Gasteiger charge is 2.12. The van der Waals surface area contributed by atoms with Crippen molar-refractivity contribution in [1.29, 1.82) is 0 Å². The van der Waals surface area contributed by atoms with Gasteiger partial charge in [-0.15, -0.1) is 0 Å². The van der Waals surface area contributed by atoms with Gasteiger partial charge in [-0.25, -0.2) is 4.98 Å². The molecule has 0 saturated heterocycles. The number of imidazole rings is 1. The van der Waals surface area contributed by atoms with Gasteiger partial charge in [0.05, 0.1) is 0 Å². The van der Waals surface area contributed by atoms with Crippen LogP contribution < -0.4 is 11.3 Å². The van der Waals surface area contributed by atoms with E-state index in [2.05, 4.69) is 62.1 Å². The van der Waals surface area contributed by atoms with E-state index >= 15 is 0 Å². The Balaban J connectivity index is 2.02. The topological polar surface area (TPSA) is 55.9 Å². The molecule has 5 heteroatoms. The van der Waals surface area contributed by atoms with Gasteiger partial charge in [-0.2, -0.15) is 0 Å². The molecule has 1 atom stereocenters. The van der Waals surface area contributed by atoms with E-state index in [0.717, 1.165) is 29.7 Å². The van der Waals surface area contributed by atoms with Crippen LogP contribution in [0.15, 0.2) is 41.1 Å². The molecule has 4 nitrogen and oxygen atoms in total. The maximum absolute atomic E-state index is 5.66. The van der Waals surface area contributed by atoms with Crippen molar-refractivity contribution in [3.05, 3.63) is 52.5 Å². The van der Waals surface area contributed by atoms with E-state index in [9.17, 15) is 0 Å². The second-order valence-electron chi connectivity index (χ2n) is 4.53. The van der Waals surface area contributed by atoms with Gasteiger partial charge in [0.25, 0.3) is 0 Å². The molecule has 19 heavy (non-hydrogen) atoms. The van der Waals surface area contributed by atoms with Crippen molar-refractivity contribution in [2.24, 2.45) is 5.84 Å². The fraction of sp³-hybridized carbons (Fsp3) is 0.357. The number of nitrogens with two attached hydrogens (primary N) is 1. The summed E-state index contributed by atoms with van der Waals surface area (Å²) in [4.78, 5) is 4.39. The summed E-state index contributed by atoms with van der Waals surface area (Å²) in [6.07, 6.45) is 5.56. The van der Waals surface area contributed by atoms with Crippen LogP contribution in [-0.4, -0.2) is 15.6 Å². The second-order valence-corrected chi connectivity index (χ2v) is 5.44. The lowest BCUT2D eigenvalue weighted by Crippen LogP contribution is -2.39. The van der Waals surface area contributed by atoms with Crippen molar-refractivity contribution in [3.63, 3.8) is 0 Å². The molecule has 1 aromatic carbocycles. The van der Waals surface area contributed by atoms with E-state index in [1.54, 1.807) is 0 Å². The smallest absolute Gasteiger partial charge is 0.110 e. The summed E-state index contributed by atoms with van der Waals surface area (Å²) in [5.74, 6) is 6.73. The maximum Gasteiger partial charge on any atom is 0.110 e. The third-order valence-electron chi connectivity index (χ3n) is 3.20.